The molecule has 3 fully saturated rings. The number of ketones is 1. The van der Waals surface area contributed by atoms with Crippen molar-refractivity contribution < 1.29 is 41.8 Å². The van der Waals surface area contributed by atoms with E-state index in [-0.39, 0.29) is 29.6 Å². The van der Waals surface area contributed by atoms with Crippen molar-refractivity contribution >= 4 is 23.5 Å². The van der Waals surface area contributed by atoms with Crippen LogP contribution >= 0.6 is 0 Å². The van der Waals surface area contributed by atoms with Crippen LogP contribution in [-0.2, 0) is 28.7 Å². The Balaban J connectivity index is 1.74. The first-order valence-corrected chi connectivity index (χ1v) is 12.0. The Morgan fingerprint density at radius 3 is 2.46 bits per heavy atom. The van der Waals surface area contributed by atoms with Gasteiger partial charge in [-0.3, -0.25) is 23.9 Å². The summed E-state index contributed by atoms with van der Waals surface area (Å²) in [4.78, 5) is 52.7. The molecule has 0 bridgehead atoms. The van der Waals surface area contributed by atoms with Crippen LogP contribution in [0.4, 0.5) is 13.2 Å². The largest absolute Gasteiger partial charge is 0.522 e. The molecule has 1 spiro atoms. The molecule has 0 radical (unpaired) electrons. The number of alkyl halides is 3. The fourth-order valence-electron chi connectivity index (χ4n) is 4.92. The summed E-state index contributed by atoms with van der Waals surface area (Å²) in [5, 5.41) is 5.15. The van der Waals surface area contributed by atoms with Crippen LogP contribution in [0.1, 0.15) is 52.4 Å². The van der Waals surface area contributed by atoms with Crippen LogP contribution in [0.2, 0.25) is 0 Å². The average molecular weight is 506 g/mol. The van der Waals surface area contributed by atoms with Gasteiger partial charge in [-0.2, -0.15) is 0 Å². The quantitative estimate of drug-likeness (QED) is 0.441. The molecule has 1 saturated carbocycles. The molecule has 0 aromatic heterocycles. The summed E-state index contributed by atoms with van der Waals surface area (Å²) in [5.41, 5.74) is -0.155. The Bertz CT molecular complexity index is 830. The predicted molar refractivity (Wildman–Crippen MR) is 117 cm³/mol. The van der Waals surface area contributed by atoms with Crippen molar-refractivity contribution in [3.05, 3.63) is 0 Å². The Hall–Kier alpha value is -2.21. The van der Waals surface area contributed by atoms with Crippen molar-refractivity contribution in [3.63, 3.8) is 0 Å². The van der Waals surface area contributed by atoms with Gasteiger partial charge in [0.05, 0.1) is 6.04 Å². The van der Waals surface area contributed by atoms with E-state index in [0.717, 1.165) is 12.8 Å². The molecule has 2 aliphatic heterocycles. The van der Waals surface area contributed by atoms with E-state index in [1.54, 1.807) is 0 Å². The highest BCUT2D eigenvalue weighted by atomic mass is 19.4. The highest BCUT2D eigenvalue weighted by molar-refractivity contribution is 5.95. The molecule has 198 valence electrons. The van der Waals surface area contributed by atoms with Gasteiger partial charge in [-0.1, -0.05) is 13.8 Å². The summed E-state index contributed by atoms with van der Waals surface area (Å²) in [5.74, 6) is -2.67. The number of hydrogen-bond acceptors (Lipinski definition) is 6. The van der Waals surface area contributed by atoms with Crippen LogP contribution in [-0.4, -0.2) is 79.8 Å². The molecular formula is C23H34F3N3O6. The summed E-state index contributed by atoms with van der Waals surface area (Å²) >= 11 is 0. The Labute approximate surface area is 202 Å². The van der Waals surface area contributed by atoms with Gasteiger partial charge in [0.2, 0.25) is 11.8 Å². The summed E-state index contributed by atoms with van der Waals surface area (Å²) in [7, 11) is 1.44. The van der Waals surface area contributed by atoms with Crippen molar-refractivity contribution in [3.8, 4) is 0 Å². The molecule has 2 saturated heterocycles. The Kier molecular flexibility index (Phi) is 8.46. The number of rotatable bonds is 11. The zero-order valence-corrected chi connectivity index (χ0v) is 20.3. The number of methoxy groups -OCH3 is 1. The topological polar surface area (TPSA) is 114 Å². The van der Waals surface area contributed by atoms with Gasteiger partial charge in [-0.05, 0) is 49.9 Å². The number of carbonyl (C=O) groups is 4. The lowest BCUT2D eigenvalue weighted by Crippen LogP contribution is -2.54. The van der Waals surface area contributed by atoms with Gasteiger partial charge in [0.25, 0.3) is 5.91 Å². The molecule has 1 aliphatic carbocycles. The fourth-order valence-corrected chi connectivity index (χ4v) is 4.92. The fraction of sp³-hybridized carbons (Fsp3) is 0.826. The van der Waals surface area contributed by atoms with E-state index in [0.29, 0.717) is 32.4 Å². The van der Waals surface area contributed by atoms with Crippen molar-refractivity contribution in [2.75, 3.05) is 26.8 Å². The van der Waals surface area contributed by atoms with E-state index in [1.165, 1.54) is 12.0 Å². The van der Waals surface area contributed by atoms with Crippen molar-refractivity contribution in [2.24, 2.45) is 17.3 Å². The summed E-state index contributed by atoms with van der Waals surface area (Å²) < 4.78 is 46.6. The molecule has 0 aromatic carbocycles. The van der Waals surface area contributed by atoms with Crippen LogP contribution in [0, 0.1) is 17.3 Å². The number of halogens is 3. The third-order valence-electron chi connectivity index (χ3n) is 7.06. The molecule has 12 heteroatoms. The predicted octanol–water partition coefficient (Wildman–Crippen LogP) is 1.55. The molecule has 2 heterocycles. The van der Waals surface area contributed by atoms with Gasteiger partial charge in [-0.15, -0.1) is 13.2 Å². The first-order valence-electron chi connectivity index (χ1n) is 12.0. The molecule has 2 N–H and O–H groups in total. The van der Waals surface area contributed by atoms with Crippen LogP contribution in [0.5, 0.6) is 0 Å². The number of nitrogens with one attached hydrogen (secondary N) is 2. The van der Waals surface area contributed by atoms with Gasteiger partial charge in [0, 0.05) is 26.1 Å². The Morgan fingerprint density at radius 2 is 1.94 bits per heavy atom. The second kappa shape index (κ2) is 10.8. The van der Waals surface area contributed by atoms with Crippen LogP contribution in [0.3, 0.4) is 0 Å². The second-order valence-corrected chi connectivity index (χ2v) is 10.3. The Morgan fingerprint density at radius 1 is 1.26 bits per heavy atom. The number of Topliss-reactive ketones (excluding diaryl/α,β-unsaturated/α-hetero) is 1. The first kappa shape index (κ1) is 27.4. The first-order chi connectivity index (χ1) is 16.3. The number of amides is 3. The van der Waals surface area contributed by atoms with E-state index in [2.05, 4.69) is 15.4 Å². The third kappa shape index (κ3) is 7.16. The minimum absolute atomic E-state index is 0.141. The molecule has 0 aromatic rings. The lowest BCUT2D eigenvalue weighted by Gasteiger charge is -2.29. The van der Waals surface area contributed by atoms with Gasteiger partial charge in [0.15, 0.2) is 5.78 Å². The third-order valence-corrected chi connectivity index (χ3v) is 7.06. The summed E-state index contributed by atoms with van der Waals surface area (Å²) in [6, 6.07) is -2.22. The number of hydrogen-bond donors (Lipinski definition) is 2. The van der Waals surface area contributed by atoms with Gasteiger partial charge < -0.3 is 20.3 Å². The lowest BCUT2D eigenvalue weighted by atomic mass is 9.95. The molecule has 3 aliphatic rings. The van der Waals surface area contributed by atoms with Crippen LogP contribution in [0.15, 0.2) is 0 Å². The van der Waals surface area contributed by atoms with E-state index in [9.17, 15) is 32.3 Å². The summed E-state index contributed by atoms with van der Waals surface area (Å²) in [6.45, 7) is 3.41. The smallest absolute Gasteiger partial charge is 0.372 e. The number of ether oxygens (including phenoxy) is 2. The monoisotopic (exact) mass is 505 g/mol. The molecule has 35 heavy (non-hydrogen) atoms. The minimum atomic E-state index is -5.01. The second-order valence-electron chi connectivity index (χ2n) is 10.3. The number of carbonyl (C=O) groups excluding carboxylic acids is 4. The molecule has 9 nitrogen and oxygen atoms in total. The summed E-state index contributed by atoms with van der Waals surface area (Å²) in [6.07, 6.45) is -2.85. The van der Waals surface area contributed by atoms with Gasteiger partial charge >= 0.3 is 6.36 Å². The highest BCUT2D eigenvalue weighted by Crippen LogP contribution is 2.55. The van der Waals surface area contributed by atoms with Gasteiger partial charge in [-0.25, -0.2) is 0 Å². The van der Waals surface area contributed by atoms with E-state index < -0.39 is 48.8 Å². The SMILES string of the molecule is CO[C@H](CC(C)C)C(=O)N1CC2(CC2)C[C@H]1C(=O)N[C@@H](C[C@@H]1CCNC1=O)C(=O)COC(F)(F)F. The van der Waals surface area contributed by atoms with Crippen molar-refractivity contribution in [1.29, 1.82) is 0 Å². The lowest BCUT2D eigenvalue weighted by molar-refractivity contribution is -0.321. The van der Waals surface area contributed by atoms with Crippen molar-refractivity contribution in [2.45, 2.75) is 76.9 Å². The zero-order chi connectivity index (χ0) is 26.0. The molecule has 0 unspecified atom stereocenters. The molecule has 3 rings (SSSR count). The average Bonchev–Trinajstić information content (AvgIpc) is 3.23. The molecule has 4 atom stereocenters. The highest BCUT2D eigenvalue weighted by Gasteiger charge is 2.56. The zero-order valence-electron chi connectivity index (χ0n) is 20.3. The maximum atomic E-state index is 13.3. The standard InChI is InChI=1S/C23H34F3N3O6/c1-13(2)8-18(34-3)21(33)29-12-22(5-6-22)10-16(29)20(32)28-15(9-14-4-7-27-19(14)31)17(30)11-35-23(24,25)26/h13-16,18H,4-12H2,1-3H3,(H,27,31)(H,28,32)/t14-,15-,16-,18+/m0/s1. The maximum Gasteiger partial charge on any atom is 0.522 e. The number of nitrogens with zero attached hydrogens (tertiary/aromatic N) is 1. The van der Waals surface area contributed by atoms with Crippen molar-refractivity contribution in [1.82, 2.24) is 15.5 Å². The van der Waals surface area contributed by atoms with Crippen LogP contribution < -0.4 is 10.6 Å². The maximum absolute atomic E-state index is 13.3. The van der Waals surface area contributed by atoms with Gasteiger partial charge in [0.1, 0.15) is 18.8 Å². The normalized spacial score (nSPS) is 25.0. The van der Waals surface area contributed by atoms with E-state index >= 15 is 0 Å². The van der Waals surface area contributed by atoms with E-state index in [4.69, 9.17) is 4.74 Å². The molecular weight excluding hydrogens is 471 g/mol. The van der Waals surface area contributed by atoms with E-state index in [1.807, 2.05) is 13.8 Å². The van der Waals surface area contributed by atoms with Crippen LogP contribution in [0.25, 0.3) is 0 Å². The number of likely N-dealkylation sites (tertiary alicyclic amines) is 1. The minimum Gasteiger partial charge on any atom is -0.372 e. The molecule has 3 amide bonds.